The van der Waals surface area contributed by atoms with Crippen molar-refractivity contribution < 1.29 is 13.5 Å². The molecule has 1 aromatic rings. The zero-order valence-corrected chi connectivity index (χ0v) is 10.9. The Morgan fingerprint density at radius 3 is 2.47 bits per heavy atom. The molecule has 1 rings (SSSR count). The third kappa shape index (κ3) is 3.15. The van der Waals surface area contributed by atoms with Gasteiger partial charge in [-0.3, -0.25) is 0 Å². The number of aromatic nitrogens is 1. The summed E-state index contributed by atoms with van der Waals surface area (Å²) in [5.41, 5.74) is 0.237. The smallest absolute Gasteiger partial charge is 0.255 e. The minimum atomic E-state index is -3.94. The number of primary sulfonamides is 1. The molecule has 0 aliphatic carbocycles. The van der Waals surface area contributed by atoms with E-state index in [9.17, 15) is 13.5 Å². The highest BCUT2D eigenvalue weighted by Gasteiger charge is 2.21. The number of pyridine rings is 1. The molecule has 0 amide bonds. The molecule has 0 saturated carbocycles. The third-order valence-corrected chi connectivity index (χ3v) is 3.21. The van der Waals surface area contributed by atoms with Crippen LogP contribution in [0.1, 0.15) is 25.0 Å². The Morgan fingerprint density at radius 1 is 1.47 bits per heavy atom. The van der Waals surface area contributed by atoms with E-state index in [0.717, 1.165) is 0 Å². The molecule has 0 radical (unpaired) electrons. The molecule has 3 N–H and O–H groups in total. The van der Waals surface area contributed by atoms with Crippen molar-refractivity contribution in [3.63, 3.8) is 0 Å². The zero-order valence-electron chi connectivity index (χ0n) is 10.1. The molecule has 1 atom stereocenters. The molecule has 96 valence electrons. The monoisotopic (exact) mass is 259 g/mol. The third-order valence-electron chi connectivity index (χ3n) is 2.35. The Hall–Kier alpha value is -1.18. The summed E-state index contributed by atoms with van der Waals surface area (Å²) >= 11 is 0. The van der Waals surface area contributed by atoms with Crippen LogP contribution in [0.15, 0.2) is 17.2 Å². The molecule has 17 heavy (non-hydrogen) atoms. The first-order valence-electron chi connectivity index (χ1n) is 5.16. The summed E-state index contributed by atoms with van der Waals surface area (Å²) in [6, 6.07) is 3.18. The number of aliphatic hydroxyl groups excluding tert-OH is 1. The molecular weight excluding hydrogens is 242 g/mol. The molecule has 0 saturated heterocycles. The predicted molar refractivity (Wildman–Crippen MR) is 65.2 cm³/mol. The Labute approximate surface area is 101 Å². The minimum Gasteiger partial charge on any atom is -0.388 e. The number of hydrogen-bond acceptors (Lipinski definition) is 5. The molecule has 0 fully saturated rings. The van der Waals surface area contributed by atoms with Gasteiger partial charge < -0.3 is 10.0 Å². The quantitative estimate of drug-likeness (QED) is 0.807. The van der Waals surface area contributed by atoms with Crippen LogP contribution in [0.3, 0.4) is 0 Å². The van der Waals surface area contributed by atoms with E-state index in [-0.39, 0.29) is 10.6 Å². The maximum Gasteiger partial charge on any atom is 0.255 e. The predicted octanol–water partition coefficient (Wildman–Crippen LogP) is 0.238. The van der Waals surface area contributed by atoms with Gasteiger partial charge in [-0.1, -0.05) is 6.92 Å². The molecule has 6 nitrogen and oxygen atoms in total. The maximum absolute atomic E-state index is 11.4. The fourth-order valence-corrected chi connectivity index (χ4v) is 2.15. The molecule has 0 aromatic carbocycles. The SMILES string of the molecule is CCC(O)c1ccc(N(C)C)nc1S(N)(=O)=O. The lowest BCUT2D eigenvalue weighted by molar-refractivity contribution is 0.169. The first-order valence-corrected chi connectivity index (χ1v) is 6.71. The van der Waals surface area contributed by atoms with E-state index in [1.54, 1.807) is 32.0 Å². The minimum absolute atomic E-state index is 0.237. The fourth-order valence-electron chi connectivity index (χ4n) is 1.39. The van der Waals surface area contributed by atoms with Gasteiger partial charge >= 0.3 is 0 Å². The standard InChI is InChI=1S/C10H17N3O3S/c1-4-8(14)7-5-6-9(13(2)3)12-10(7)17(11,15)16/h5-6,8,14H,4H2,1-3H3,(H2,11,15,16). The Bertz CT molecular complexity index is 500. The molecule has 0 spiro atoms. The molecule has 1 aromatic heterocycles. The normalized spacial score (nSPS) is 13.5. The lowest BCUT2D eigenvalue weighted by Gasteiger charge is -2.16. The van der Waals surface area contributed by atoms with Crippen molar-refractivity contribution in [3.05, 3.63) is 17.7 Å². The number of hydrogen-bond donors (Lipinski definition) is 2. The molecule has 1 unspecified atom stereocenters. The van der Waals surface area contributed by atoms with Crippen molar-refractivity contribution in [2.75, 3.05) is 19.0 Å². The molecule has 0 bridgehead atoms. The van der Waals surface area contributed by atoms with Crippen molar-refractivity contribution in [3.8, 4) is 0 Å². The van der Waals surface area contributed by atoms with Crippen molar-refractivity contribution in [2.24, 2.45) is 5.14 Å². The highest BCUT2D eigenvalue weighted by molar-refractivity contribution is 7.89. The highest BCUT2D eigenvalue weighted by Crippen LogP contribution is 2.24. The van der Waals surface area contributed by atoms with Crippen LogP contribution in [0.5, 0.6) is 0 Å². The zero-order chi connectivity index (χ0) is 13.2. The summed E-state index contributed by atoms with van der Waals surface area (Å²) in [5, 5.41) is 14.6. The van der Waals surface area contributed by atoms with Crippen LogP contribution in [-0.2, 0) is 10.0 Å². The second-order valence-corrected chi connectivity index (χ2v) is 5.40. The van der Waals surface area contributed by atoms with Crippen molar-refractivity contribution >= 4 is 15.8 Å². The Balaban J connectivity index is 3.43. The van der Waals surface area contributed by atoms with Crippen LogP contribution in [-0.4, -0.2) is 32.6 Å². The van der Waals surface area contributed by atoms with Gasteiger partial charge in [0.2, 0.25) is 0 Å². The number of anilines is 1. The topological polar surface area (TPSA) is 96.5 Å². The van der Waals surface area contributed by atoms with Crippen LogP contribution in [0.4, 0.5) is 5.82 Å². The summed E-state index contributed by atoms with van der Waals surface area (Å²) in [5.74, 6) is 0.473. The van der Waals surface area contributed by atoms with Gasteiger partial charge in [-0.25, -0.2) is 18.5 Å². The summed E-state index contributed by atoms with van der Waals surface area (Å²) in [6.07, 6.45) is -0.488. The maximum atomic E-state index is 11.4. The van der Waals surface area contributed by atoms with Crippen molar-refractivity contribution in [1.82, 2.24) is 4.98 Å². The fraction of sp³-hybridized carbons (Fsp3) is 0.500. The lowest BCUT2D eigenvalue weighted by Crippen LogP contribution is -2.20. The van der Waals surface area contributed by atoms with E-state index < -0.39 is 16.1 Å². The first kappa shape index (κ1) is 13.9. The van der Waals surface area contributed by atoms with Gasteiger partial charge in [0.25, 0.3) is 10.0 Å². The van der Waals surface area contributed by atoms with Gasteiger partial charge in [-0.2, -0.15) is 0 Å². The van der Waals surface area contributed by atoms with Gasteiger partial charge in [0, 0.05) is 19.7 Å². The highest BCUT2D eigenvalue weighted by atomic mass is 32.2. The van der Waals surface area contributed by atoms with Gasteiger partial charge in [-0.05, 0) is 18.6 Å². The van der Waals surface area contributed by atoms with Crippen molar-refractivity contribution in [2.45, 2.75) is 24.5 Å². The summed E-state index contributed by atoms with van der Waals surface area (Å²) in [4.78, 5) is 5.63. The van der Waals surface area contributed by atoms with E-state index >= 15 is 0 Å². The van der Waals surface area contributed by atoms with E-state index in [1.165, 1.54) is 6.07 Å². The number of rotatable bonds is 4. The second-order valence-electron chi connectivity index (χ2n) is 3.93. The lowest BCUT2D eigenvalue weighted by atomic mass is 10.1. The van der Waals surface area contributed by atoms with Gasteiger partial charge in [0.15, 0.2) is 5.03 Å². The molecule has 0 aliphatic heterocycles. The molecular formula is C10H17N3O3S. The average Bonchev–Trinajstić information content (AvgIpc) is 2.26. The van der Waals surface area contributed by atoms with Gasteiger partial charge in [-0.15, -0.1) is 0 Å². The van der Waals surface area contributed by atoms with Gasteiger partial charge in [0.05, 0.1) is 6.10 Å². The van der Waals surface area contributed by atoms with Crippen LogP contribution >= 0.6 is 0 Å². The van der Waals surface area contributed by atoms with E-state index in [0.29, 0.717) is 12.2 Å². The second kappa shape index (κ2) is 4.99. The van der Waals surface area contributed by atoms with E-state index in [4.69, 9.17) is 5.14 Å². The van der Waals surface area contributed by atoms with Crippen LogP contribution in [0.25, 0.3) is 0 Å². The Morgan fingerprint density at radius 2 is 2.06 bits per heavy atom. The number of nitrogens with two attached hydrogens (primary N) is 1. The largest absolute Gasteiger partial charge is 0.388 e. The van der Waals surface area contributed by atoms with Crippen LogP contribution < -0.4 is 10.0 Å². The molecule has 1 heterocycles. The van der Waals surface area contributed by atoms with Gasteiger partial charge in [0.1, 0.15) is 5.82 Å². The molecule has 0 aliphatic rings. The summed E-state index contributed by atoms with van der Waals surface area (Å²) < 4.78 is 22.9. The Kier molecular flexibility index (Phi) is 4.07. The first-order chi connectivity index (χ1) is 7.77. The average molecular weight is 259 g/mol. The molecule has 7 heteroatoms. The number of aliphatic hydroxyl groups is 1. The van der Waals surface area contributed by atoms with Crippen molar-refractivity contribution in [1.29, 1.82) is 0 Å². The summed E-state index contributed by atoms with van der Waals surface area (Å²) in [6.45, 7) is 1.75. The number of nitrogens with zero attached hydrogens (tertiary/aromatic N) is 2. The summed E-state index contributed by atoms with van der Waals surface area (Å²) in [7, 11) is -0.460. The van der Waals surface area contributed by atoms with E-state index in [2.05, 4.69) is 4.98 Å². The van der Waals surface area contributed by atoms with E-state index in [1.807, 2.05) is 0 Å². The van der Waals surface area contributed by atoms with Crippen LogP contribution in [0, 0.1) is 0 Å². The number of sulfonamides is 1. The van der Waals surface area contributed by atoms with Crippen LogP contribution in [0.2, 0.25) is 0 Å².